The van der Waals surface area contributed by atoms with Crippen LogP contribution in [0.4, 0.5) is 0 Å². The lowest BCUT2D eigenvalue weighted by Gasteiger charge is -1.99. The number of rotatable bonds is 2. The van der Waals surface area contributed by atoms with Crippen molar-refractivity contribution in [3.05, 3.63) is 15.3 Å². The maximum absolute atomic E-state index is 11.0. The smallest absolute Gasteiger partial charge is 0.230 e. The molecule has 66 valence electrons. The second-order valence-electron chi connectivity index (χ2n) is 2.45. The minimum Gasteiger partial charge on any atom is -0.495 e. The molecular formula is C8H10O2S2. The molecule has 1 heterocycles. The highest BCUT2D eigenvalue weighted by molar-refractivity contribution is 7.97. The maximum Gasteiger partial charge on any atom is 0.230 e. The van der Waals surface area contributed by atoms with Crippen LogP contribution < -0.4 is 4.74 Å². The molecule has 0 atom stereocenters. The van der Waals surface area contributed by atoms with Gasteiger partial charge in [0.1, 0.15) is 10.6 Å². The van der Waals surface area contributed by atoms with Crippen molar-refractivity contribution in [2.24, 2.45) is 0 Å². The van der Waals surface area contributed by atoms with E-state index in [9.17, 15) is 4.79 Å². The number of methoxy groups -OCH3 is 1. The zero-order chi connectivity index (χ0) is 9.30. The Balaban J connectivity index is 3.29. The third-order valence-corrected chi connectivity index (χ3v) is 3.29. The van der Waals surface area contributed by atoms with Gasteiger partial charge in [0.2, 0.25) is 5.12 Å². The zero-order valence-corrected chi connectivity index (χ0v) is 8.88. The first kappa shape index (κ1) is 9.61. The number of carbonyl (C=O) groups excluding carboxylic acids is 1. The first-order chi connectivity index (χ1) is 5.57. The van der Waals surface area contributed by atoms with E-state index in [1.807, 2.05) is 13.8 Å². The van der Waals surface area contributed by atoms with Gasteiger partial charge in [0.15, 0.2) is 0 Å². The topological polar surface area (TPSA) is 26.3 Å². The second kappa shape index (κ2) is 3.49. The first-order valence-electron chi connectivity index (χ1n) is 3.45. The third-order valence-electron chi connectivity index (χ3n) is 1.73. The summed E-state index contributed by atoms with van der Waals surface area (Å²) in [6, 6.07) is 0. The molecule has 12 heavy (non-hydrogen) atoms. The molecule has 0 spiro atoms. The van der Waals surface area contributed by atoms with Gasteiger partial charge in [-0.2, -0.15) is 0 Å². The van der Waals surface area contributed by atoms with Crippen LogP contribution in [0.3, 0.4) is 0 Å². The molecule has 0 aromatic carbocycles. The van der Waals surface area contributed by atoms with Gasteiger partial charge in [-0.1, -0.05) is 12.6 Å². The lowest BCUT2D eigenvalue weighted by molar-refractivity contribution is 0.109. The molecule has 0 fully saturated rings. The summed E-state index contributed by atoms with van der Waals surface area (Å²) < 4.78 is 5.10. The van der Waals surface area contributed by atoms with E-state index in [-0.39, 0.29) is 5.12 Å². The molecule has 0 N–H and O–H groups in total. The van der Waals surface area contributed by atoms with Crippen molar-refractivity contribution in [1.82, 2.24) is 0 Å². The Bertz CT molecular complexity index is 315. The van der Waals surface area contributed by atoms with E-state index in [1.165, 1.54) is 11.3 Å². The van der Waals surface area contributed by atoms with E-state index in [2.05, 4.69) is 12.6 Å². The Morgan fingerprint density at radius 1 is 1.50 bits per heavy atom. The Hall–Kier alpha value is -0.480. The number of ether oxygens (including phenoxy) is 1. The van der Waals surface area contributed by atoms with Gasteiger partial charge in [0.25, 0.3) is 0 Å². The van der Waals surface area contributed by atoms with Crippen molar-refractivity contribution < 1.29 is 9.53 Å². The minimum absolute atomic E-state index is 0.229. The molecule has 1 aromatic rings. The molecule has 0 radical (unpaired) electrons. The van der Waals surface area contributed by atoms with E-state index in [0.717, 1.165) is 10.4 Å². The van der Waals surface area contributed by atoms with Gasteiger partial charge >= 0.3 is 0 Å². The van der Waals surface area contributed by atoms with Crippen LogP contribution in [0.2, 0.25) is 0 Å². The van der Waals surface area contributed by atoms with Crippen LogP contribution in [0, 0.1) is 13.8 Å². The van der Waals surface area contributed by atoms with E-state index >= 15 is 0 Å². The van der Waals surface area contributed by atoms with E-state index in [1.54, 1.807) is 7.11 Å². The molecule has 0 aliphatic rings. The SMILES string of the molecule is COc1c(C(=O)S)sc(C)c1C. The summed E-state index contributed by atoms with van der Waals surface area (Å²) in [6.07, 6.45) is 0. The molecule has 1 aromatic heterocycles. The van der Waals surface area contributed by atoms with Crippen molar-refractivity contribution in [2.45, 2.75) is 13.8 Å². The third kappa shape index (κ3) is 1.49. The van der Waals surface area contributed by atoms with Gasteiger partial charge in [0.05, 0.1) is 7.11 Å². The van der Waals surface area contributed by atoms with Gasteiger partial charge in [-0.05, 0) is 13.8 Å². The predicted molar refractivity (Wildman–Crippen MR) is 53.7 cm³/mol. The van der Waals surface area contributed by atoms with Gasteiger partial charge in [0, 0.05) is 10.4 Å². The van der Waals surface area contributed by atoms with Crippen LogP contribution >= 0.6 is 24.0 Å². The highest BCUT2D eigenvalue weighted by atomic mass is 32.1. The number of thiophene rings is 1. The van der Waals surface area contributed by atoms with Crippen LogP contribution in [0.15, 0.2) is 0 Å². The lowest BCUT2D eigenvalue weighted by Crippen LogP contribution is -1.90. The molecule has 0 aliphatic heterocycles. The highest BCUT2D eigenvalue weighted by Gasteiger charge is 2.16. The van der Waals surface area contributed by atoms with Crippen LogP contribution in [0.25, 0.3) is 0 Å². The zero-order valence-electron chi connectivity index (χ0n) is 7.17. The Labute approximate surface area is 81.0 Å². The average molecular weight is 202 g/mol. The Morgan fingerprint density at radius 3 is 2.42 bits per heavy atom. The number of aryl methyl sites for hydroxylation is 1. The van der Waals surface area contributed by atoms with Gasteiger partial charge in [-0.15, -0.1) is 11.3 Å². The molecule has 0 aliphatic carbocycles. The Morgan fingerprint density at radius 2 is 2.08 bits per heavy atom. The summed E-state index contributed by atoms with van der Waals surface area (Å²) in [5, 5.41) is -0.229. The largest absolute Gasteiger partial charge is 0.495 e. The van der Waals surface area contributed by atoms with Gasteiger partial charge < -0.3 is 4.74 Å². The van der Waals surface area contributed by atoms with Crippen LogP contribution in [-0.4, -0.2) is 12.2 Å². The van der Waals surface area contributed by atoms with Gasteiger partial charge in [-0.3, -0.25) is 4.79 Å². The fourth-order valence-corrected chi connectivity index (χ4v) is 2.20. The summed E-state index contributed by atoms with van der Waals surface area (Å²) in [4.78, 5) is 12.7. The summed E-state index contributed by atoms with van der Waals surface area (Å²) >= 11 is 5.19. The van der Waals surface area contributed by atoms with Crippen molar-refractivity contribution in [3.8, 4) is 5.75 Å². The molecule has 0 saturated heterocycles. The van der Waals surface area contributed by atoms with E-state index in [4.69, 9.17) is 4.74 Å². The number of hydrogen-bond donors (Lipinski definition) is 1. The maximum atomic E-state index is 11.0. The Kier molecular flexibility index (Phi) is 2.80. The van der Waals surface area contributed by atoms with Crippen molar-refractivity contribution in [2.75, 3.05) is 7.11 Å². The number of thiol groups is 1. The quantitative estimate of drug-likeness (QED) is 0.745. The number of hydrogen-bond acceptors (Lipinski definition) is 3. The molecule has 4 heteroatoms. The van der Waals surface area contributed by atoms with E-state index < -0.39 is 0 Å². The monoisotopic (exact) mass is 202 g/mol. The first-order valence-corrected chi connectivity index (χ1v) is 4.71. The molecular weight excluding hydrogens is 192 g/mol. The molecule has 2 nitrogen and oxygen atoms in total. The normalized spacial score (nSPS) is 10.0. The van der Waals surface area contributed by atoms with Crippen LogP contribution in [-0.2, 0) is 0 Å². The molecule has 0 unspecified atom stereocenters. The molecule has 1 rings (SSSR count). The predicted octanol–water partition coefficient (Wildman–Crippen LogP) is 2.44. The fourth-order valence-electron chi connectivity index (χ4n) is 0.993. The summed E-state index contributed by atoms with van der Waals surface area (Å²) in [7, 11) is 1.56. The fraction of sp³-hybridized carbons (Fsp3) is 0.375. The number of carbonyl (C=O) groups is 1. The average Bonchev–Trinajstić information content (AvgIpc) is 2.29. The summed E-state index contributed by atoms with van der Waals surface area (Å²) in [5.74, 6) is 0.664. The van der Waals surface area contributed by atoms with Crippen LogP contribution in [0.1, 0.15) is 20.1 Å². The van der Waals surface area contributed by atoms with Crippen molar-refractivity contribution in [1.29, 1.82) is 0 Å². The molecule has 0 saturated carbocycles. The minimum atomic E-state index is -0.229. The standard InChI is InChI=1S/C8H10O2S2/c1-4-5(2)12-7(8(9)11)6(4)10-3/h1-3H3,(H,9,11). The van der Waals surface area contributed by atoms with Crippen molar-refractivity contribution in [3.63, 3.8) is 0 Å². The van der Waals surface area contributed by atoms with Crippen LogP contribution in [0.5, 0.6) is 5.75 Å². The molecule has 0 amide bonds. The van der Waals surface area contributed by atoms with E-state index in [0.29, 0.717) is 10.6 Å². The van der Waals surface area contributed by atoms with Crippen molar-refractivity contribution >= 4 is 29.1 Å². The van der Waals surface area contributed by atoms with Gasteiger partial charge in [-0.25, -0.2) is 0 Å². The lowest BCUT2D eigenvalue weighted by atomic mass is 10.2. The second-order valence-corrected chi connectivity index (χ2v) is 4.08. The highest BCUT2D eigenvalue weighted by Crippen LogP contribution is 2.34. The summed E-state index contributed by atoms with van der Waals surface area (Å²) in [6.45, 7) is 3.90. The summed E-state index contributed by atoms with van der Waals surface area (Å²) in [5.41, 5.74) is 1.03. The molecule has 0 bridgehead atoms.